The molecule has 3 N–H and O–H groups in total. The SMILES string of the molecule is CCOC(=O)Nc1sc(N/N=C\c2ccc(O)c(OCC)c2)nc1-c1ccc(C)cc1. The number of nitrogens with one attached hydrogen (secondary N) is 2. The predicted molar refractivity (Wildman–Crippen MR) is 123 cm³/mol. The van der Waals surface area contributed by atoms with Crippen molar-refractivity contribution in [3.8, 4) is 22.8 Å². The largest absolute Gasteiger partial charge is 0.504 e. The summed E-state index contributed by atoms with van der Waals surface area (Å²) >= 11 is 1.25. The van der Waals surface area contributed by atoms with Crippen molar-refractivity contribution in [2.75, 3.05) is 24.0 Å². The van der Waals surface area contributed by atoms with Gasteiger partial charge in [0.25, 0.3) is 0 Å². The van der Waals surface area contributed by atoms with E-state index in [4.69, 9.17) is 9.47 Å². The summed E-state index contributed by atoms with van der Waals surface area (Å²) in [6, 6.07) is 12.8. The quantitative estimate of drug-likeness (QED) is 0.327. The third-order valence-electron chi connectivity index (χ3n) is 4.10. The number of benzene rings is 2. The molecule has 3 rings (SSSR count). The van der Waals surface area contributed by atoms with Gasteiger partial charge in [0.05, 0.1) is 19.4 Å². The zero-order valence-corrected chi connectivity index (χ0v) is 18.3. The van der Waals surface area contributed by atoms with Crippen LogP contribution >= 0.6 is 11.3 Å². The molecule has 0 saturated carbocycles. The number of phenols is 1. The van der Waals surface area contributed by atoms with Crippen molar-refractivity contribution in [2.24, 2.45) is 5.10 Å². The second kappa shape index (κ2) is 10.4. The number of aromatic hydroxyl groups is 1. The molecular weight excluding hydrogens is 416 g/mol. The molecule has 0 fully saturated rings. The fourth-order valence-corrected chi connectivity index (χ4v) is 3.49. The van der Waals surface area contributed by atoms with E-state index >= 15 is 0 Å². The molecule has 0 spiro atoms. The van der Waals surface area contributed by atoms with E-state index in [-0.39, 0.29) is 12.4 Å². The number of carbonyl (C=O) groups excluding carboxylic acids is 1. The van der Waals surface area contributed by atoms with Crippen molar-refractivity contribution in [1.29, 1.82) is 0 Å². The van der Waals surface area contributed by atoms with Crippen molar-refractivity contribution in [3.63, 3.8) is 0 Å². The summed E-state index contributed by atoms with van der Waals surface area (Å²) in [4.78, 5) is 16.5. The number of amides is 1. The molecule has 1 heterocycles. The fraction of sp³-hybridized carbons (Fsp3) is 0.227. The van der Waals surface area contributed by atoms with Crippen LogP contribution in [0.2, 0.25) is 0 Å². The first-order chi connectivity index (χ1) is 15.0. The van der Waals surface area contributed by atoms with Crippen LogP contribution in [0.1, 0.15) is 25.0 Å². The molecule has 0 radical (unpaired) electrons. The minimum atomic E-state index is -0.540. The van der Waals surface area contributed by atoms with Crippen LogP contribution in [0.5, 0.6) is 11.5 Å². The summed E-state index contributed by atoms with van der Waals surface area (Å²) in [5, 5.41) is 17.8. The first-order valence-electron chi connectivity index (χ1n) is 9.76. The number of ether oxygens (including phenoxy) is 2. The summed E-state index contributed by atoms with van der Waals surface area (Å²) < 4.78 is 10.4. The average molecular weight is 441 g/mol. The van der Waals surface area contributed by atoms with Crippen LogP contribution in [-0.2, 0) is 4.74 Å². The molecule has 0 bridgehead atoms. The van der Waals surface area contributed by atoms with E-state index in [0.717, 1.165) is 16.7 Å². The molecule has 2 aromatic carbocycles. The molecule has 3 aromatic rings. The van der Waals surface area contributed by atoms with E-state index < -0.39 is 6.09 Å². The minimum absolute atomic E-state index is 0.0734. The lowest BCUT2D eigenvalue weighted by Crippen LogP contribution is -2.12. The Labute approximate surface area is 184 Å². The lowest BCUT2D eigenvalue weighted by Gasteiger charge is -2.05. The van der Waals surface area contributed by atoms with Crippen LogP contribution < -0.4 is 15.5 Å². The molecule has 8 nitrogen and oxygen atoms in total. The van der Waals surface area contributed by atoms with Gasteiger partial charge in [-0.15, -0.1) is 0 Å². The second-order valence-corrected chi connectivity index (χ2v) is 7.44. The monoisotopic (exact) mass is 440 g/mol. The maximum Gasteiger partial charge on any atom is 0.412 e. The van der Waals surface area contributed by atoms with E-state index in [2.05, 4.69) is 20.8 Å². The highest BCUT2D eigenvalue weighted by atomic mass is 32.1. The van der Waals surface area contributed by atoms with Gasteiger partial charge in [-0.1, -0.05) is 41.2 Å². The number of nitrogens with zero attached hydrogens (tertiary/aromatic N) is 2. The smallest absolute Gasteiger partial charge is 0.412 e. The third-order valence-corrected chi connectivity index (χ3v) is 4.98. The minimum Gasteiger partial charge on any atom is -0.504 e. The maximum absolute atomic E-state index is 11.9. The molecule has 0 atom stereocenters. The second-order valence-electron chi connectivity index (χ2n) is 6.44. The van der Waals surface area contributed by atoms with Crippen molar-refractivity contribution >= 4 is 33.8 Å². The normalized spacial score (nSPS) is 10.8. The van der Waals surface area contributed by atoms with Crippen molar-refractivity contribution in [3.05, 3.63) is 53.6 Å². The van der Waals surface area contributed by atoms with Gasteiger partial charge in [-0.05, 0) is 44.5 Å². The van der Waals surface area contributed by atoms with E-state index in [1.807, 2.05) is 38.1 Å². The van der Waals surface area contributed by atoms with Gasteiger partial charge < -0.3 is 14.6 Å². The fourth-order valence-electron chi connectivity index (χ4n) is 2.66. The maximum atomic E-state index is 11.9. The Morgan fingerprint density at radius 2 is 1.97 bits per heavy atom. The van der Waals surface area contributed by atoms with Gasteiger partial charge >= 0.3 is 6.09 Å². The highest BCUT2D eigenvalue weighted by Crippen LogP contribution is 2.36. The van der Waals surface area contributed by atoms with Gasteiger partial charge in [-0.3, -0.25) is 10.7 Å². The lowest BCUT2D eigenvalue weighted by molar-refractivity contribution is 0.168. The number of hydrogen-bond donors (Lipinski definition) is 3. The number of anilines is 2. The number of carbonyl (C=O) groups is 1. The topological polar surface area (TPSA) is 105 Å². The van der Waals surface area contributed by atoms with Gasteiger partial charge in [0.1, 0.15) is 10.7 Å². The summed E-state index contributed by atoms with van der Waals surface area (Å²) in [6.45, 7) is 6.32. The highest BCUT2D eigenvalue weighted by molar-refractivity contribution is 7.20. The molecule has 0 aliphatic rings. The zero-order valence-electron chi connectivity index (χ0n) is 17.5. The van der Waals surface area contributed by atoms with Crippen LogP contribution in [-0.4, -0.2) is 35.6 Å². The molecule has 162 valence electrons. The van der Waals surface area contributed by atoms with E-state index in [0.29, 0.717) is 28.2 Å². The van der Waals surface area contributed by atoms with E-state index in [1.54, 1.807) is 31.3 Å². The first-order valence-corrected chi connectivity index (χ1v) is 10.6. The first kappa shape index (κ1) is 22.1. The van der Waals surface area contributed by atoms with Crippen molar-refractivity contribution < 1.29 is 19.4 Å². The Kier molecular flexibility index (Phi) is 7.45. The van der Waals surface area contributed by atoms with Gasteiger partial charge in [0, 0.05) is 5.56 Å². The Bertz CT molecular complexity index is 1060. The molecule has 1 amide bonds. The molecule has 0 aliphatic heterocycles. The van der Waals surface area contributed by atoms with Crippen molar-refractivity contribution in [1.82, 2.24) is 4.98 Å². The Morgan fingerprint density at radius 3 is 2.68 bits per heavy atom. The standard InChI is InChI=1S/C22H24N4O4S/c1-4-29-18-12-15(8-11-17(18)27)13-23-26-21-24-19(16-9-6-14(3)7-10-16)20(31-21)25-22(28)30-5-2/h6-13,27H,4-5H2,1-3H3,(H,24,26)(H,25,28)/b23-13-. The third kappa shape index (κ3) is 5.95. The van der Waals surface area contributed by atoms with E-state index in [1.165, 1.54) is 11.3 Å². The molecule has 9 heteroatoms. The Balaban J connectivity index is 1.81. The Morgan fingerprint density at radius 1 is 1.19 bits per heavy atom. The number of aromatic nitrogens is 1. The van der Waals surface area contributed by atoms with Gasteiger partial charge in [-0.2, -0.15) is 5.10 Å². The highest BCUT2D eigenvalue weighted by Gasteiger charge is 2.16. The number of thiazole rings is 1. The molecule has 0 saturated heterocycles. The molecule has 31 heavy (non-hydrogen) atoms. The molecule has 0 aliphatic carbocycles. The van der Waals surface area contributed by atoms with Gasteiger partial charge in [-0.25, -0.2) is 9.78 Å². The van der Waals surface area contributed by atoms with Crippen LogP contribution in [0.25, 0.3) is 11.3 Å². The van der Waals surface area contributed by atoms with Gasteiger partial charge in [0.15, 0.2) is 11.5 Å². The zero-order chi connectivity index (χ0) is 22.2. The predicted octanol–water partition coefficient (Wildman–Crippen LogP) is 5.24. The summed E-state index contributed by atoms with van der Waals surface area (Å²) in [5.74, 6) is 0.465. The number of hydrazone groups is 1. The number of phenolic OH excluding ortho intramolecular Hbond substituents is 1. The van der Waals surface area contributed by atoms with Crippen molar-refractivity contribution in [2.45, 2.75) is 20.8 Å². The van der Waals surface area contributed by atoms with Crippen LogP contribution in [0.3, 0.4) is 0 Å². The average Bonchev–Trinajstić information content (AvgIpc) is 3.13. The number of hydrogen-bond acceptors (Lipinski definition) is 8. The van der Waals surface area contributed by atoms with Crippen LogP contribution in [0, 0.1) is 6.92 Å². The molecule has 1 aromatic heterocycles. The number of aryl methyl sites for hydroxylation is 1. The summed E-state index contributed by atoms with van der Waals surface area (Å²) in [7, 11) is 0. The molecule has 0 unspecified atom stereocenters. The lowest BCUT2D eigenvalue weighted by atomic mass is 10.1. The summed E-state index contributed by atoms with van der Waals surface area (Å²) in [5.41, 5.74) is 6.25. The Hall–Kier alpha value is -3.59. The molecular formula is C22H24N4O4S. The van der Waals surface area contributed by atoms with Gasteiger partial charge in [0.2, 0.25) is 5.13 Å². The number of rotatable bonds is 8. The van der Waals surface area contributed by atoms with Crippen LogP contribution in [0.15, 0.2) is 47.6 Å². The van der Waals surface area contributed by atoms with E-state index in [9.17, 15) is 9.90 Å². The summed E-state index contributed by atoms with van der Waals surface area (Å²) in [6.07, 6.45) is 1.05. The van der Waals surface area contributed by atoms with Crippen LogP contribution in [0.4, 0.5) is 14.9 Å².